The molecule has 130 valence electrons. The van der Waals surface area contributed by atoms with Crippen LogP contribution in [0.3, 0.4) is 0 Å². The van der Waals surface area contributed by atoms with E-state index in [9.17, 15) is 18.5 Å². The fourth-order valence-corrected chi connectivity index (χ4v) is 4.70. The first kappa shape index (κ1) is 20.3. The fraction of sp³-hybridized carbons (Fsp3) is 0.538. The Morgan fingerprint density at radius 3 is 2.65 bits per heavy atom. The minimum Gasteiger partial charge on any atom is -0.316 e. The minimum absolute atomic E-state index is 0. The Morgan fingerprint density at radius 2 is 2.09 bits per heavy atom. The summed E-state index contributed by atoms with van der Waals surface area (Å²) >= 11 is 3.21. The average Bonchev–Trinajstić information content (AvgIpc) is 2.49. The van der Waals surface area contributed by atoms with Gasteiger partial charge in [-0.1, -0.05) is 15.9 Å². The predicted molar refractivity (Wildman–Crippen MR) is 93.6 cm³/mol. The van der Waals surface area contributed by atoms with Gasteiger partial charge in [0.1, 0.15) is 0 Å². The van der Waals surface area contributed by atoms with Crippen LogP contribution in [0.15, 0.2) is 21.5 Å². The van der Waals surface area contributed by atoms with Crippen LogP contribution in [0.25, 0.3) is 0 Å². The molecule has 1 N–H and O–H groups in total. The van der Waals surface area contributed by atoms with E-state index in [2.05, 4.69) is 21.2 Å². The summed E-state index contributed by atoms with van der Waals surface area (Å²) in [7, 11) is -1.94. The van der Waals surface area contributed by atoms with Crippen molar-refractivity contribution in [2.45, 2.75) is 30.7 Å². The van der Waals surface area contributed by atoms with Gasteiger partial charge in [-0.2, -0.15) is 4.31 Å². The van der Waals surface area contributed by atoms with Gasteiger partial charge in [-0.25, -0.2) is 8.42 Å². The van der Waals surface area contributed by atoms with Crippen LogP contribution in [-0.4, -0.2) is 43.8 Å². The van der Waals surface area contributed by atoms with Crippen LogP contribution in [0.4, 0.5) is 5.69 Å². The molecule has 1 aromatic carbocycles. The van der Waals surface area contributed by atoms with Crippen molar-refractivity contribution in [3.05, 3.63) is 32.3 Å². The molecule has 0 amide bonds. The normalized spacial score (nSPS) is 19.2. The average molecular weight is 429 g/mol. The molecule has 7 nitrogen and oxygen atoms in total. The summed E-state index contributed by atoms with van der Waals surface area (Å²) < 4.78 is 27.3. The van der Waals surface area contributed by atoms with Crippen molar-refractivity contribution in [1.82, 2.24) is 9.62 Å². The summed E-state index contributed by atoms with van der Waals surface area (Å²) in [6.45, 7) is 2.38. The summed E-state index contributed by atoms with van der Waals surface area (Å²) in [5, 5.41) is 14.2. The Labute approximate surface area is 150 Å². The van der Waals surface area contributed by atoms with E-state index in [-0.39, 0.29) is 29.0 Å². The maximum atomic E-state index is 12.7. The summed E-state index contributed by atoms with van der Waals surface area (Å²) in [4.78, 5) is 10.5. The zero-order chi connectivity index (χ0) is 16.5. The molecule has 1 heterocycles. The van der Waals surface area contributed by atoms with Crippen LogP contribution < -0.4 is 5.32 Å². The Balaban J connectivity index is 0.00000264. The van der Waals surface area contributed by atoms with E-state index in [0.29, 0.717) is 23.1 Å². The van der Waals surface area contributed by atoms with Crippen molar-refractivity contribution in [2.24, 2.45) is 0 Å². The number of hydrogen-bond donors (Lipinski definition) is 1. The second-order valence-corrected chi connectivity index (χ2v) is 8.09. The number of halogens is 2. The Bertz CT molecular complexity index is 699. The number of nitrogens with zero attached hydrogens (tertiary/aromatic N) is 2. The topological polar surface area (TPSA) is 92.6 Å². The molecule has 1 aliphatic rings. The van der Waals surface area contributed by atoms with Crippen molar-refractivity contribution in [3.8, 4) is 0 Å². The van der Waals surface area contributed by atoms with Gasteiger partial charge in [-0.3, -0.25) is 10.1 Å². The quantitative estimate of drug-likeness (QED) is 0.587. The van der Waals surface area contributed by atoms with Crippen LogP contribution in [0, 0.1) is 17.0 Å². The van der Waals surface area contributed by atoms with E-state index in [4.69, 9.17) is 0 Å². The molecule has 1 atom stereocenters. The van der Waals surface area contributed by atoms with Gasteiger partial charge >= 0.3 is 0 Å². The first-order valence-corrected chi connectivity index (χ1v) is 9.12. The smallest absolute Gasteiger partial charge is 0.274 e. The summed E-state index contributed by atoms with van der Waals surface area (Å²) in [6.07, 6.45) is 1.68. The highest BCUT2D eigenvalue weighted by Gasteiger charge is 2.31. The molecule has 0 aliphatic carbocycles. The number of piperidine rings is 1. The number of nitrogens with one attached hydrogen (secondary N) is 1. The van der Waals surface area contributed by atoms with E-state index in [0.717, 1.165) is 18.9 Å². The highest BCUT2D eigenvalue weighted by atomic mass is 79.9. The molecule has 23 heavy (non-hydrogen) atoms. The van der Waals surface area contributed by atoms with Gasteiger partial charge in [0.05, 0.1) is 9.82 Å². The van der Waals surface area contributed by atoms with Gasteiger partial charge in [0, 0.05) is 35.2 Å². The molecule has 0 bridgehead atoms. The van der Waals surface area contributed by atoms with Gasteiger partial charge in [-0.05, 0) is 32.9 Å². The molecule has 1 aromatic rings. The number of rotatable bonds is 4. The molecule has 0 radical (unpaired) electrons. The first-order chi connectivity index (χ1) is 10.3. The van der Waals surface area contributed by atoms with Gasteiger partial charge in [0.2, 0.25) is 10.0 Å². The number of nitro groups is 1. The molecule has 1 unspecified atom stereocenters. The monoisotopic (exact) mass is 427 g/mol. The summed E-state index contributed by atoms with van der Waals surface area (Å²) in [6, 6.07) is 2.67. The summed E-state index contributed by atoms with van der Waals surface area (Å²) in [5.74, 6) is 0. The number of nitro benzene ring substituents is 1. The van der Waals surface area contributed by atoms with E-state index < -0.39 is 14.9 Å². The molecule has 0 saturated carbocycles. The van der Waals surface area contributed by atoms with Gasteiger partial charge in [-0.15, -0.1) is 12.4 Å². The molecular formula is C13H19BrClN3O4S. The highest BCUT2D eigenvalue weighted by Crippen LogP contribution is 2.31. The van der Waals surface area contributed by atoms with Crippen LogP contribution in [0.2, 0.25) is 0 Å². The van der Waals surface area contributed by atoms with Crippen molar-refractivity contribution in [1.29, 1.82) is 0 Å². The van der Waals surface area contributed by atoms with Crippen molar-refractivity contribution in [3.63, 3.8) is 0 Å². The van der Waals surface area contributed by atoms with Gasteiger partial charge in [0.25, 0.3) is 5.69 Å². The second kappa shape index (κ2) is 7.89. The Kier molecular flexibility index (Phi) is 6.96. The number of likely N-dealkylation sites (N-methyl/N-ethyl adjacent to an activating group) is 1. The lowest BCUT2D eigenvalue weighted by atomic mass is 10.1. The third-order valence-corrected chi connectivity index (χ3v) is 6.58. The highest BCUT2D eigenvalue weighted by molar-refractivity contribution is 9.10. The molecule has 2 rings (SSSR count). The largest absolute Gasteiger partial charge is 0.316 e. The van der Waals surface area contributed by atoms with Gasteiger partial charge in [0.15, 0.2) is 0 Å². The van der Waals surface area contributed by atoms with E-state index in [1.54, 1.807) is 14.0 Å². The minimum atomic E-state index is -3.74. The van der Waals surface area contributed by atoms with E-state index in [1.165, 1.54) is 10.4 Å². The van der Waals surface area contributed by atoms with Crippen LogP contribution in [0.5, 0.6) is 0 Å². The van der Waals surface area contributed by atoms with Crippen LogP contribution in [-0.2, 0) is 10.0 Å². The van der Waals surface area contributed by atoms with Gasteiger partial charge < -0.3 is 5.32 Å². The molecule has 0 aromatic heterocycles. The number of hydrogen-bond acceptors (Lipinski definition) is 5. The molecule has 0 spiro atoms. The van der Waals surface area contributed by atoms with Crippen molar-refractivity contribution < 1.29 is 13.3 Å². The zero-order valence-electron chi connectivity index (χ0n) is 12.8. The fourth-order valence-electron chi connectivity index (χ4n) is 2.52. The van der Waals surface area contributed by atoms with Crippen molar-refractivity contribution >= 4 is 44.0 Å². The van der Waals surface area contributed by atoms with Crippen LogP contribution in [0.1, 0.15) is 18.4 Å². The zero-order valence-corrected chi connectivity index (χ0v) is 16.0. The third kappa shape index (κ3) is 4.21. The lowest BCUT2D eigenvalue weighted by Crippen LogP contribution is -2.46. The molecule has 1 fully saturated rings. The molecule has 1 saturated heterocycles. The lowest BCUT2D eigenvalue weighted by Gasteiger charge is -2.31. The third-order valence-electron chi connectivity index (χ3n) is 3.92. The van der Waals surface area contributed by atoms with Crippen LogP contribution >= 0.6 is 28.3 Å². The second-order valence-electron chi connectivity index (χ2n) is 5.30. The Morgan fingerprint density at radius 1 is 1.43 bits per heavy atom. The van der Waals surface area contributed by atoms with E-state index >= 15 is 0 Å². The lowest BCUT2D eigenvalue weighted by molar-refractivity contribution is -0.385. The van der Waals surface area contributed by atoms with Crippen molar-refractivity contribution in [2.75, 3.05) is 20.1 Å². The number of sulfonamides is 1. The maximum absolute atomic E-state index is 12.7. The molecule has 10 heteroatoms. The molecule has 1 aliphatic heterocycles. The SMILES string of the molecule is CNC1CCCN(S(=O)(=O)c2cc(Br)c(C)c([N+](=O)[O-])c2)C1.Cl. The predicted octanol–water partition coefficient (Wildman–Crippen LogP) is 2.46. The first-order valence-electron chi connectivity index (χ1n) is 6.89. The standard InChI is InChI=1S/C13H18BrN3O4S.ClH/c1-9-12(14)6-11(7-13(9)17(18)19)22(20,21)16-5-3-4-10(8-16)15-2;/h6-7,10,15H,3-5,8H2,1-2H3;1H. The van der Waals surface area contributed by atoms with E-state index in [1.807, 2.05) is 0 Å². The number of benzene rings is 1. The maximum Gasteiger partial charge on any atom is 0.274 e. The molecular weight excluding hydrogens is 410 g/mol. The summed E-state index contributed by atoms with van der Waals surface area (Å²) in [5.41, 5.74) is 0.214. The Hall–Kier alpha value is -0.740.